The molecule has 2 heteroatoms. The molecule has 1 nitrogen and oxygen atoms in total. The maximum absolute atomic E-state index is 10.4. The zero-order chi connectivity index (χ0) is 13.9. The molecule has 0 saturated heterocycles. The van der Waals surface area contributed by atoms with Gasteiger partial charge in [-0.15, -0.1) is 0 Å². The van der Waals surface area contributed by atoms with E-state index in [1.807, 2.05) is 41.1 Å². The average Bonchev–Trinajstić information content (AvgIpc) is 3.01. The molecule has 0 radical (unpaired) electrons. The minimum absolute atomic E-state index is 0.537. The van der Waals surface area contributed by atoms with Gasteiger partial charge in [0.05, 0.1) is 0 Å². The Kier molecular flexibility index (Phi) is 3.68. The number of thiophene rings is 1. The molecule has 0 unspecified atom stereocenters. The fourth-order valence-electron chi connectivity index (χ4n) is 2.42. The van der Waals surface area contributed by atoms with Gasteiger partial charge in [-0.05, 0) is 51.6 Å². The Bertz CT molecular complexity index is 687. The summed E-state index contributed by atoms with van der Waals surface area (Å²) in [5, 5.41) is 14.4. The molecule has 0 spiro atoms. The predicted molar refractivity (Wildman–Crippen MR) is 85.0 cm³/mol. The SMILES string of the molecule is Cc1cc([C@H](O)c2ccsc2)ccc1-c1ccccc1. The van der Waals surface area contributed by atoms with Gasteiger partial charge in [-0.1, -0.05) is 48.5 Å². The zero-order valence-corrected chi connectivity index (χ0v) is 12.1. The number of benzene rings is 2. The average molecular weight is 280 g/mol. The molecule has 0 aliphatic heterocycles. The second-order valence-electron chi connectivity index (χ2n) is 4.90. The summed E-state index contributed by atoms with van der Waals surface area (Å²) in [6.07, 6.45) is -0.537. The van der Waals surface area contributed by atoms with E-state index in [1.54, 1.807) is 11.3 Å². The molecule has 0 aliphatic carbocycles. The minimum Gasteiger partial charge on any atom is -0.384 e. The van der Waals surface area contributed by atoms with Crippen LogP contribution in [0.25, 0.3) is 11.1 Å². The van der Waals surface area contributed by atoms with Crippen LogP contribution in [0.3, 0.4) is 0 Å². The van der Waals surface area contributed by atoms with Gasteiger partial charge in [0, 0.05) is 0 Å². The van der Waals surface area contributed by atoms with Crippen molar-refractivity contribution in [3.8, 4) is 11.1 Å². The van der Waals surface area contributed by atoms with E-state index < -0.39 is 6.10 Å². The summed E-state index contributed by atoms with van der Waals surface area (Å²) >= 11 is 1.61. The molecular weight excluding hydrogens is 264 g/mol. The normalized spacial score (nSPS) is 12.3. The van der Waals surface area contributed by atoms with Crippen molar-refractivity contribution in [1.82, 2.24) is 0 Å². The maximum atomic E-state index is 10.4. The summed E-state index contributed by atoms with van der Waals surface area (Å²) in [5.41, 5.74) is 5.51. The third-order valence-electron chi connectivity index (χ3n) is 3.51. The molecule has 0 amide bonds. The smallest absolute Gasteiger partial charge is 0.105 e. The van der Waals surface area contributed by atoms with Gasteiger partial charge in [-0.2, -0.15) is 11.3 Å². The lowest BCUT2D eigenvalue weighted by Crippen LogP contribution is -1.98. The molecule has 1 heterocycles. The number of aryl methyl sites for hydroxylation is 1. The third kappa shape index (κ3) is 2.53. The summed E-state index contributed by atoms with van der Waals surface area (Å²) in [6, 6.07) is 18.5. The summed E-state index contributed by atoms with van der Waals surface area (Å²) < 4.78 is 0. The highest BCUT2D eigenvalue weighted by atomic mass is 32.1. The molecular formula is C18H16OS. The van der Waals surface area contributed by atoms with Crippen molar-refractivity contribution in [2.75, 3.05) is 0 Å². The summed E-state index contributed by atoms with van der Waals surface area (Å²) in [5.74, 6) is 0. The number of hydrogen-bond donors (Lipinski definition) is 1. The van der Waals surface area contributed by atoms with E-state index in [0.717, 1.165) is 11.1 Å². The van der Waals surface area contributed by atoms with Crippen LogP contribution in [0.1, 0.15) is 22.8 Å². The second-order valence-corrected chi connectivity index (χ2v) is 5.68. The van der Waals surface area contributed by atoms with E-state index in [1.165, 1.54) is 16.7 Å². The molecule has 3 rings (SSSR count). The molecule has 20 heavy (non-hydrogen) atoms. The van der Waals surface area contributed by atoms with Gasteiger partial charge in [0.2, 0.25) is 0 Å². The Labute approximate surface area is 123 Å². The molecule has 0 fully saturated rings. The van der Waals surface area contributed by atoms with Gasteiger partial charge in [0.1, 0.15) is 6.10 Å². The summed E-state index contributed by atoms with van der Waals surface area (Å²) in [4.78, 5) is 0. The highest BCUT2D eigenvalue weighted by Gasteiger charge is 2.12. The molecule has 1 atom stereocenters. The van der Waals surface area contributed by atoms with Crippen LogP contribution in [0.4, 0.5) is 0 Å². The second kappa shape index (κ2) is 5.61. The van der Waals surface area contributed by atoms with Crippen molar-refractivity contribution < 1.29 is 5.11 Å². The van der Waals surface area contributed by atoms with Crippen LogP contribution in [0.2, 0.25) is 0 Å². The Morgan fingerprint density at radius 2 is 1.75 bits per heavy atom. The van der Waals surface area contributed by atoms with Crippen molar-refractivity contribution in [2.45, 2.75) is 13.0 Å². The Morgan fingerprint density at radius 3 is 2.40 bits per heavy atom. The highest BCUT2D eigenvalue weighted by Crippen LogP contribution is 2.29. The van der Waals surface area contributed by atoms with Crippen molar-refractivity contribution in [1.29, 1.82) is 0 Å². The lowest BCUT2D eigenvalue weighted by atomic mass is 9.95. The largest absolute Gasteiger partial charge is 0.384 e. The Balaban J connectivity index is 1.96. The molecule has 3 aromatic rings. The Morgan fingerprint density at radius 1 is 0.950 bits per heavy atom. The van der Waals surface area contributed by atoms with Crippen molar-refractivity contribution in [2.24, 2.45) is 0 Å². The van der Waals surface area contributed by atoms with Crippen molar-refractivity contribution in [3.05, 3.63) is 82.0 Å². The van der Waals surface area contributed by atoms with Gasteiger partial charge in [-0.25, -0.2) is 0 Å². The van der Waals surface area contributed by atoms with Crippen LogP contribution >= 0.6 is 11.3 Å². The molecule has 1 N–H and O–H groups in total. The van der Waals surface area contributed by atoms with Gasteiger partial charge < -0.3 is 5.11 Å². The quantitative estimate of drug-likeness (QED) is 0.730. The van der Waals surface area contributed by atoms with Crippen LogP contribution in [0, 0.1) is 6.92 Å². The van der Waals surface area contributed by atoms with Crippen LogP contribution in [0.5, 0.6) is 0 Å². The first-order valence-corrected chi connectivity index (χ1v) is 7.56. The lowest BCUT2D eigenvalue weighted by molar-refractivity contribution is 0.221. The number of hydrogen-bond acceptors (Lipinski definition) is 2. The van der Waals surface area contributed by atoms with E-state index in [-0.39, 0.29) is 0 Å². The first-order chi connectivity index (χ1) is 9.75. The van der Waals surface area contributed by atoms with Crippen molar-refractivity contribution >= 4 is 11.3 Å². The molecule has 0 saturated carbocycles. The Hall–Kier alpha value is -1.90. The van der Waals surface area contributed by atoms with E-state index in [4.69, 9.17) is 0 Å². The first-order valence-electron chi connectivity index (χ1n) is 6.62. The monoisotopic (exact) mass is 280 g/mol. The molecule has 1 aromatic heterocycles. The molecule has 2 aromatic carbocycles. The number of rotatable bonds is 3. The number of aliphatic hydroxyl groups is 1. The lowest BCUT2D eigenvalue weighted by Gasteiger charge is -2.13. The van der Waals surface area contributed by atoms with Crippen LogP contribution in [0.15, 0.2) is 65.4 Å². The van der Waals surface area contributed by atoms with E-state index in [9.17, 15) is 5.11 Å². The fourth-order valence-corrected chi connectivity index (χ4v) is 3.10. The number of aliphatic hydroxyl groups excluding tert-OH is 1. The van der Waals surface area contributed by atoms with Gasteiger partial charge in [-0.3, -0.25) is 0 Å². The van der Waals surface area contributed by atoms with Crippen LogP contribution < -0.4 is 0 Å². The predicted octanol–water partition coefficient (Wildman–Crippen LogP) is 4.81. The van der Waals surface area contributed by atoms with E-state index in [2.05, 4.69) is 31.2 Å². The summed E-state index contributed by atoms with van der Waals surface area (Å²) in [7, 11) is 0. The third-order valence-corrected chi connectivity index (χ3v) is 4.21. The van der Waals surface area contributed by atoms with Gasteiger partial charge in [0.15, 0.2) is 0 Å². The molecule has 0 aliphatic rings. The topological polar surface area (TPSA) is 20.2 Å². The van der Waals surface area contributed by atoms with Crippen molar-refractivity contribution in [3.63, 3.8) is 0 Å². The fraction of sp³-hybridized carbons (Fsp3) is 0.111. The highest BCUT2D eigenvalue weighted by molar-refractivity contribution is 7.07. The maximum Gasteiger partial charge on any atom is 0.105 e. The van der Waals surface area contributed by atoms with E-state index >= 15 is 0 Å². The minimum atomic E-state index is -0.537. The van der Waals surface area contributed by atoms with Gasteiger partial charge >= 0.3 is 0 Å². The molecule has 100 valence electrons. The zero-order valence-electron chi connectivity index (χ0n) is 11.3. The van der Waals surface area contributed by atoms with Crippen LogP contribution in [-0.2, 0) is 0 Å². The standard InChI is InChI=1S/C18H16OS/c1-13-11-15(18(19)16-9-10-20-12-16)7-8-17(13)14-5-3-2-4-6-14/h2-12,18-19H,1H3/t18-/m0/s1. The van der Waals surface area contributed by atoms with Gasteiger partial charge in [0.25, 0.3) is 0 Å². The van der Waals surface area contributed by atoms with E-state index in [0.29, 0.717) is 0 Å². The van der Waals surface area contributed by atoms with Crippen LogP contribution in [-0.4, -0.2) is 5.11 Å². The molecule has 0 bridgehead atoms. The summed E-state index contributed by atoms with van der Waals surface area (Å²) in [6.45, 7) is 2.09. The first kappa shape index (κ1) is 13.1.